The van der Waals surface area contributed by atoms with Gasteiger partial charge in [-0.3, -0.25) is 4.79 Å². The Morgan fingerprint density at radius 1 is 1.21 bits per heavy atom. The standard InChI is InChI=1S/C22H27N3O6S2/c1-14-18-20(30-4)23-17(13-29-3)24-21(18)32-19(14)22(26)25(2)10-7-11-31-15-8-6-9-16(12-15)33(5,27)28/h6,8-9,12H,7,10-11,13H2,1-5H3. The Hall–Kier alpha value is -2.76. The number of fused-ring (bicyclic) bond motifs is 1. The third-order valence-corrected chi connectivity index (χ3v) is 7.24. The maximum atomic E-state index is 13.1. The molecule has 2 heterocycles. The molecule has 0 aliphatic heterocycles. The van der Waals surface area contributed by atoms with Crippen molar-refractivity contribution in [3.05, 3.63) is 40.5 Å². The van der Waals surface area contributed by atoms with Crippen LogP contribution in [-0.4, -0.2) is 69.9 Å². The summed E-state index contributed by atoms with van der Waals surface area (Å²) in [4.78, 5) is 25.0. The normalized spacial score (nSPS) is 11.5. The quantitative estimate of drug-likeness (QED) is 0.397. The number of hydrogen-bond acceptors (Lipinski definition) is 9. The molecule has 0 spiro atoms. The van der Waals surface area contributed by atoms with E-state index in [0.29, 0.717) is 46.7 Å². The SMILES string of the molecule is COCc1nc(OC)c2c(C)c(C(=O)N(C)CCCOc3cccc(S(C)(=O)=O)c3)sc2n1. The van der Waals surface area contributed by atoms with Crippen LogP contribution in [-0.2, 0) is 21.2 Å². The summed E-state index contributed by atoms with van der Waals surface area (Å²) in [6.07, 6.45) is 1.73. The fraction of sp³-hybridized carbons (Fsp3) is 0.409. The highest BCUT2D eigenvalue weighted by Gasteiger charge is 2.23. The average molecular weight is 494 g/mol. The second-order valence-electron chi connectivity index (χ2n) is 7.49. The summed E-state index contributed by atoms with van der Waals surface area (Å²) in [5.41, 5.74) is 0.779. The molecule has 0 aliphatic carbocycles. The molecule has 11 heteroatoms. The molecule has 2 aromatic heterocycles. The number of hydrogen-bond donors (Lipinski definition) is 0. The van der Waals surface area contributed by atoms with Crippen LogP contribution in [0, 0.1) is 6.92 Å². The van der Waals surface area contributed by atoms with Crippen molar-refractivity contribution in [1.82, 2.24) is 14.9 Å². The minimum Gasteiger partial charge on any atom is -0.493 e. The maximum absolute atomic E-state index is 13.1. The van der Waals surface area contributed by atoms with Crippen molar-refractivity contribution >= 4 is 37.3 Å². The van der Waals surface area contributed by atoms with Crippen LogP contribution in [0.25, 0.3) is 10.2 Å². The molecule has 0 atom stereocenters. The van der Waals surface area contributed by atoms with Gasteiger partial charge < -0.3 is 19.1 Å². The summed E-state index contributed by atoms with van der Waals surface area (Å²) >= 11 is 1.30. The van der Waals surface area contributed by atoms with Crippen molar-refractivity contribution in [2.75, 3.05) is 40.7 Å². The number of amides is 1. The predicted octanol–water partition coefficient (Wildman–Crippen LogP) is 3.10. The molecular weight excluding hydrogens is 466 g/mol. The molecule has 0 bridgehead atoms. The smallest absolute Gasteiger partial charge is 0.264 e. The highest BCUT2D eigenvalue weighted by molar-refractivity contribution is 7.90. The van der Waals surface area contributed by atoms with Gasteiger partial charge >= 0.3 is 0 Å². The second-order valence-corrected chi connectivity index (χ2v) is 10.5. The Morgan fingerprint density at radius 2 is 1.97 bits per heavy atom. The van der Waals surface area contributed by atoms with E-state index < -0.39 is 9.84 Å². The number of carbonyl (C=O) groups is 1. The fourth-order valence-electron chi connectivity index (χ4n) is 3.25. The van der Waals surface area contributed by atoms with E-state index in [-0.39, 0.29) is 17.4 Å². The number of thiophene rings is 1. The number of sulfone groups is 1. The second kappa shape index (κ2) is 10.4. The molecular formula is C22H27N3O6S2. The molecule has 178 valence electrons. The van der Waals surface area contributed by atoms with Crippen molar-refractivity contribution < 1.29 is 27.4 Å². The van der Waals surface area contributed by atoms with Gasteiger partial charge in [0.05, 0.1) is 28.9 Å². The first-order chi connectivity index (χ1) is 15.7. The first-order valence-corrected chi connectivity index (χ1v) is 12.9. The highest BCUT2D eigenvalue weighted by Crippen LogP contribution is 2.35. The molecule has 0 unspecified atom stereocenters. The molecule has 0 fully saturated rings. The Bertz CT molecular complexity index is 1260. The first-order valence-electron chi connectivity index (χ1n) is 10.2. The Kier molecular flexibility index (Phi) is 7.88. The Balaban J connectivity index is 1.66. The van der Waals surface area contributed by atoms with Crippen molar-refractivity contribution in [1.29, 1.82) is 0 Å². The lowest BCUT2D eigenvalue weighted by molar-refractivity contribution is 0.0792. The number of nitrogens with zero attached hydrogens (tertiary/aromatic N) is 3. The Morgan fingerprint density at radius 3 is 2.64 bits per heavy atom. The van der Waals surface area contributed by atoms with Gasteiger partial charge in [-0.2, -0.15) is 4.98 Å². The molecule has 0 saturated heterocycles. The minimum atomic E-state index is -3.29. The number of aromatic nitrogens is 2. The van der Waals surface area contributed by atoms with Crippen molar-refractivity contribution in [2.24, 2.45) is 0 Å². The minimum absolute atomic E-state index is 0.120. The lowest BCUT2D eigenvalue weighted by atomic mass is 10.2. The number of aryl methyl sites for hydroxylation is 1. The van der Waals surface area contributed by atoms with Gasteiger partial charge in [0.25, 0.3) is 5.91 Å². The Labute approximate surface area is 197 Å². The van der Waals surface area contributed by atoms with E-state index in [2.05, 4.69) is 9.97 Å². The third-order valence-electron chi connectivity index (χ3n) is 4.95. The van der Waals surface area contributed by atoms with Crippen LogP contribution in [0.1, 0.15) is 27.5 Å². The van der Waals surface area contributed by atoms with Crippen molar-refractivity contribution in [3.63, 3.8) is 0 Å². The van der Waals surface area contributed by atoms with Gasteiger partial charge in [-0.25, -0.2) is 13.4 Å². The molecule has 3 aromatic rings. The third kappa shape index (κ3) is 5.79. The van der Waals surface area contributed by atoms with Gasteiger partial charge in [0.2, 0.25) is 5.88 Å². The zero-order valence-corrected chi connectivity index (χ0v) is 20.9. The summed E-state index contributed by atoms with van der Waals surface area (Å²) in [6.45, 7) is 2.92. The lowest BCUT2D eigenvalue weighted by Crippen LogP contribution is -2.28. The van der Waals surface area contributed by atoms with E-state index in [0.717, 1.165) is 17.2 Å². The molecule has 1 amide bonds. The van der Waals surface area contributed by atoms with E-state index in [1.54, 1.807) is 31.2 Å². The van der Waals surface area contributed by atoms with Gasteiger partial charge in [0.1, 0.15) is 17.2 Å². The monoisotopic (exact) mass is 493 g/mol. The van der Waals surface area contributed by atoms with Gasteiger partial charge in [-0.05, 0) is 37.1 Å². The molecule has 0 saturated carbocycles. The number of ether oxygens (including phenoxy) is 3. The number of methoxy groups -OCH3 is 2. The maximum Gasteiger partial charge on any atom is 0.264 e. The fourth-order valence-corrected chi connectivity index (χ4v) is 5.09. The van der Waals surface area contributed by atoms with E-state index in [1.165, 1.54) is 30.6 Å². The van der Waals surface area contributed by atoms with Gasteiger partial charge in [-0.15, -0.1) is 11.3 Å². The summed E-state index contributed by atoms with van der Waals surface area (Å²) in [7, 11) is 1.54. The molecule has 0 radical (unpaired) electrons. The molecule has 0 N–H and O–H groups in total. The van der Waals surface area contributed by atoms with Crippen LogP contribution < -0.4 is 9.47 Å². The molecule has 9 nitrogen and oxygen atoms in total. The van der Waals surface area contributed by atoms with Crippen molar-refractivity contribution in [2.45, 2.75) is 24.8 Å². The number of benzene rings is 1. The van der Waals surface area contributed by atoms with Crippen LogP contribution >= 0.6 is 11.3 Å². The number of carbonyl (C=O) groups excluding carboxylic acids is 1. The summed E-state index contributed by atoms with van der Waals surface area (Å²) in [6, 6.07) is 6.37. The van der Waals surface area contributed by atoms with Crippen LogP contribution in [0.3, 0.4) is 0 Å². The van der Waals surface area contributed by atoms with Gasteiger partial charge in [0.15, 0.2) is 15.7 Å². The zero-order chi connectivity index (χ0) is 24.2. The summed E-state index contributed by atoms with van der Waals surface area (Å²) < 4.78 is 39.6. The summed E-state index contributed by atoms with van der Waals surface area (Å²) in [5, 5.41) is 0.730. The van der Waals surface area contributed by atoms with E-state index in [1.807, 2.05) is 6.92 Å². The van der Waals surface area contributed by atoms with E-state index in [4.69, 9.17) is 14.2 Å². The lowest BCUT2D eigenvalue weighted by Gasteiger charge is -2.17. The van der Waals surface area contributed by atoms with Gasteiger partial charge in [-0.1, -0.05) is 6.07 Å². The highest BCUT2D eigenvalue weighted by atomic mass is 32.2. The molecule has 0 aliphatic rings. The molecule has 1 aromatic carbocycles. The summed E-state index contributed by atoms with van der Waals surface area (Å²) in [5.74, 6) is 1.27. The van der Waals surface area contributed by atoms with Crippen LogP contribution in [0.5, 0.6) is 11.6 Å². The topological polar surface area (TPSA) is 108 Å². The van der Waals surface area contributed by atoms with Crippen LogP contribution in [0.2, 0.25) is 0 Å². The van der Waals surface area contributed by atoms with Crippen LogP contribution in [0.4, 0.5) is 0 Å². The average Bonchev–Trinajstić information content (AvgIpc) is 3.11. The van der Waals surface area contributed by atoms with E-state index >= 15 is 0 Å². The zero-order valence-electron chi connectivity index (χ0n) is 19.2. The largest absolute Gasteiger partial charge is 0.493 e. The van der Waals surface area contributed by atoms with Crippen molar-refractivity contribution in [3.8, 4) is 11.6 Å². The van der Waals surface area contributed by atoms with Crippen LogP contribution in [0.15, 0.2) is 29.2 Å². The van der Waals surface area contributed by atoms with Gasteiger partial charge in [0, 0.05) is 27.0 Å². The number of rotatable bonds is 10. The predicted molar refractivity (Wildman–Crippen MR) is 126 cm³/mol. The molecule has 3 rings (SSSR count). The van der Waals surface area contributed by atoms with E-state index in [9.17, 15) is 13.2 Å². The molecule has 33 heavy (non-hydrogen) atoms. The first kappa shape index (κ1) is 24.9.